The average Bonchev–Trinajstić information content (AvgIpc) is 3.00. The van der Waals surface area contributed by atoms with Crippen molar-refractivity contribution in [1.29, 1.82) is 0 Å². The summed E-state index contributed by atoms with van der Waals surface area (Å²) in [5.74, 6) is 0.0486. The third-order valence-corrected chi connectivity index (χ3v) is 6.43. The summed E-state index contributed by atoms with van der Waals surface area (Å²) in [6, 6.07) is 17.5. The Morgan fingerprint density at radius 1 is 0.941 bits per heavy atom. The number of carbonyl (C=O) groups excluding carboxylic acids is 1. The Bertz CT molecular complexity index is 1180. The average molecular weight is 463 g/mol. The second-order valence-electron chi connectivity index (χ2n) is 10.4. The summed E-state index contributed by atoms with van der Waals surface area (Å²) in [4.78, 5) is 26.3. The molecular weight excluding hydrogens is 424 g/mol. The Morgan fingerprint density at radius 3 is 2.06 bits per heavy atom. The maximum Gasteiger partial charge on any atom is 0.295 e. The van der Waals surface area contributed by atoms with Crippen LogP contribution in [-0.2, 0) is 17.3 Å². The van der Waals surface area contributed by atoms with Crippen molar-refractivity contribution in [2.45, 2.75) is 66.0 Å². The van der Waals surface area contributed by atoms with Crippen molar-refractivity contribution in [2.24, 2.45) is 13.0 Å². The van der Waals surface area contributed by atoms with Crippen LogP contribution in [0.2, 0.25) is 0 Å². The number of benzene rings is 2. The first-order valence-electron chi connectivity index (χ1n) is 11.9. The van der Waals surface area contributed by atoms with Crippen LogP contribution in [0.4, 0.5) is 5.69 Å². The van der Waals surface area contributed by atoms with E-state index in [1.54, 1.807) is 9.36 Å². The molecule has 182 valence electrons. The van der Waals surface area contributed by atoms with Gasteiger partial charge < -0.3 is 5.32 Å². The molecule has 34 heavy (non-hydrogen) atoms. The smallest absolute Gasteiger partial charge is 0.295 e. The third-order valence-electron chi connectivity index (χ3n) is 6.43. The molecule has 3 rings (SSSR count). The van der Waals surface area contributed by atoms with Crippen molar-refractivity contribution in [1.82, 2.24) is 14.7 Å². The molecule has 6 nitrogen and oxygen atoms in total. The fraction of sp³-hybridized carbons (Fsp3) is 0.429. The molecule has 2 aromatic carbocycles. The molecule has 0 aliphatic carbocycles. The summed E-state index contributed by atoms with van der Waals surface area (Å²) in [6.07, 6.45) is 0. The van der Waals surface area contributed by atoms with Crippen LogP contribution in [0.5, 0.6) is 0 Å². The van der Waals surface area contributed by atoms with Crippen LogP contribution in [0.25, 0.3) is 5.69 Å². The van der Waals surface area contributed by atoms with Gasteiger partial charge in [0.1, 0.15) is 5.69 Å². The lowest BCUT2D eigenvalue weighted by Crippen LogP contribution is -2.42. The number of anilines is 1. The fourth-order valence-electron chi connectivity index (χ4n) is 4.15. The number of nitrogens with one attached hydrogen (secondary N) is 2. The molecule has 0 fully saturated rings. The molecule has 0 spiro atoms. The minimum Gasteiger partial charge on any atom is -0.319 e. The van der Waals surface area contributed by atoms with Crippen LogP contribution in [0, 0.1) is 12.8 Å². The molecule has 0 saturated carbocycles. The first-order chi connectivity index (χ1) is 15.9. The first kappa shape index (κ1) is 25.5. The van der Waals surface area contributed by atoms with E-state index in [1.165, 1.54) is 5.56 Å². The van der Waals surface area contributed by atoms with E-state index in [0.717, 1.165) is 11.3 Å². The summed E-state index contributed by atoms with van der Waals surface area (Å²) >= 11 is 0. The zero-order valence-electron chi connectivity index (χ0n) is 21.6. The van der Waals surface area contributed by atoms with Crippen LogP contribution in [0.3, 0.4) is 0 Å². The molecule has 0 aliphatic heterocycles. The number of hydrogen-bond acceptors (Lipinski definition) is 3. The van der Waals surface area contributed by atoms with Gasteiger partial charge in [-0.1, -0.05) is 77.1 Å². The van der Waals surface area contributed by atoms with E-state index in [-0.39, 0.29) is 28.8 Å². The normalized spacial score (nSPS) is 13.7. The van der Waals surface area contributed by atoms with Gasteiger partial charge in [-0.15, -0.1) is 0 Å². The molecule has 0 aliphatic rings. The number of aromatic nitrogens is 2. The van der Waals surface area contributed by atoms with Gasteiger partial charge in [-0.05, 0) is 48.4 Å². The van der Waals surface area contributed by atoms with Gasteiger partial charge in [0.2, 0.25) is 5.91 Å². The fourth-order valence-corrected chi connectivity index (χ4v) is 4.15. The molecule has 0 saturated heterocycles. The van der Waals surface area contributed by atoms with Crippen LogP contribution in [-0.4, -0.2) is 21.3 Å². The van der Waals surface area contributed by atoms with Crippen LogP contribution in [0.15, 0.2) is 59.4 Å². The van der Waals surface area contributed by atoms with E-state index in [1.807, 2.05) is 51.2 Å². The molecule has 6 heteroatoms. The highest BCUT2D eigenvalue weighted by atomic mass is 16.2. The van der Waals surface area contributed by atoms with E-state index in [0.29, 0.717) is 11.4 Å². The quantitative estimate of drug-likeness (QED) is 0.514. The molecule has 2 unspecified atom stereocenters. The van der Waals surface area contributed by atoms with Gasteiger partial charge in [0.05, 0.1) is 17.4 Å². The topological polar surface area (TPSA) is 68.1 Å². The predicted molar refractivity (Wildman–Crippen MR) is 140 cm³/mol. The SMILES string of the molecule is Cc1c(NC(=O)C(C)NC(c2ccc(C(C)(C)C)cc2)C(C)C)c(=O)n(-c2ccccc2)n1C. The Labute approximate surface area is 203 Å². The zero-order chi connectivity index (χ0) is 25.2. The molecule has 1 aromatic heterocycles. The highest BCUT2D eigenvalue weighted by molar-refractivity contribution is 5.95. The van der Waals surface area contributed by atoms with Crippen molar-refractivity contribution in [2.75, 3.05) is 5.32 Å². The Kier molecular flexibility index (Phi) is 7.51. The lowest BCUT2D eigenvalue weighted by atomic mass is 9.85. The Morgan fingerprint density at radius 2 is 1.53 bits per heavy atom. The second kappa shape index (κ2) is 10.0. The van der Waals surface area contributed by atoms with Crippen molar-refractivity contribution >= 4 is 11.6 Å². The van der Waals surface area contributed by atoms with Gasteiger partial charge in [-0.3, -0.25) is 19.6 Å². The summed E-state index contributed by atoms with van der Waals surface area (Å²) in [5, 5.41) is 6.35. The van der Waals surface area contributed by atoms with Crippen LogP contribution in [0.1, 0.15) is 64.4 Å². The molecule has 1 heterocycles. The molecule has 0 radical (unpaired) electrons. The zero-order valence-corrected chi connectivity index (χ0v) is 21.6. The summed E-state index contributed by atoms with van der Waals surface area (Å²) < 4.78 is 3.33. The van der Waals surface area contributed by atoms with Gasteiger partial charge in [0.25, 0.3) is 5.56 Å². The Balaban J connectivity index is 1.80. The summed E-state index contributed by atoms with van der Waals surface area (Å²) in [5.41, 5.74) is 4.03. The van der Waals surface area contributed by atoms with Gasteiger partial charge in [-0.2, -0.15) is 0 Å². The van der Waals surface area contributed by atoms with Gasteiger partial charge in [-0.25, -0.2) is 4.68 Å². The third kappa shape index (κ3) is 5.33. The van der Waals surface area contributed by atoms with Crippen molar-refractivity contribution in [3.63, 3.8) is 0 Å². The number of rotatable bonds is 7. The monoisotopic (exact) mass is 462 g/mol. The minimum atomic E-state index is -0.487. The van der Waals surface area contributed by atoms with Gasteiger partial charge in [0.15, 0.2) is 0 Å². The molecule has 3 aromatic rings. The van der Waals surface area contributed by atoms with E-state index < -0.39 is 6.04 Å². The molecule has 0 bridgehead atoms. The number of carbonyl (C=O) groups is 1. The standard InChI is InChI=1S/C28H38N4O2/c1-18(2)24(21-14-16-22(17-15-21)28(5,6)7)29-19(3)26(33)30-25-20(4)31(8)32(27(25)34)23-12-10-9-11-13-23/h9-19,24,29H,1-8H3,(H,30,33). The first-order valence-corrected chi connectivity index (χ1v) is 11.9. The molecule has 2 N–H and O–H groups in total. The summed E-state index contributed by atoms with van der Waals surface area (Å²) in [7, 11) is 1.82. The van der Waals surface area contributed by atoms with E-state index >= 15 is 0 Å². The summed E-state index contributed by atoms with van der Waals surface area (Å²) in [6.45, 7) is 14.5. The van der Waals surface area contributed by atoms with Crippen LogP contribution >= 0.6 is 0 Å². The van der Waals surface area contributed by atoms with Crippen molar-refractivity contribution in [3.8, 4) is 5.69 Å². The van der Waals surface area contributed by atoms with Crippen molar-refractivity contribution in [3.05, 3.63) is 81.8 Å². The lowest BCUT2D eigenvalue weighted by molar-refractivity contribution is -0.118. The Hall–Kier alpha value is -3.12. The highest BCUT2D eigenvalue weighted by Crippen LogP contribution is 2.27. The molecule has 2 atom stereocenters. The second-order valence-corrected chi connectivity index (χ2v) is 10.4. The predicted octanol–water partition coefficient (Wildman–Crippen LogP) is 5.10. The number of amides is 1. The number of nitrogens with zero attached hydrogens (tertiary/aromatic N) is 2. The van der Waals surface area contributed by atoms with E-state index in [4.69, 9.17) is 0 Å². The van der Waals surface area contributed by atoms with E-state index in [9.17, 15) is 9.59 Å². The van der Waals surface area contributed by atoms with Gasteiger partial charge >= 0.3 is 0 Å². The number of hydrogen-bond donors (Lipinski definition) is 2. The maximum atomic E-state index is 13.1. The van der Waals surface area contributed by atoms with Gasteiger partial charge in [0, 0.05) is 13.1 Å². The molecular formula is C28H38N4O2. The maximum absolute atomic E-state index is 13.1. The van der Waals surface area contributed by atoms with Crippen LogP contribution < -0.4 is 16.2 Å². The highest BCUT2D eigenvalue weighted by Gasteiger charge is 2.25. The molecule has 1 amide bonds. The number of para-hydroxylation sites is 1. The van der Waals surface area contributed by atoms with Crippen molar-refractivity contribution < 1.29 is 4.79 Å². The van der Waals surface area contributed by atoms with E-state index in [2.05, 4.69) is 69.5 Å². The largest absolute Gasteiger partial charge is 0.319 e. The lowest BCUT2D eigenvalue weighted by Gasteiger charge is -2.27. The minimum absolute atomic E-state index is 0.00705.